The molecule has 0 saturated carbocycles. The van der Waals surface area contributed by atoms with Crippen LogP contribution in [-0.2, 0) is 0 Å². The molecule has 0 aliphatic rings. The summed E-state index contributed by atoms with van der Waals surface area (Å²) in [7, 11) is 4.11. The average Bonchev–Trinajstić information content (AvgIpc) is 2.67. The van der Waals surface area contributed by atoms with E-state index in [-0.39, 0.29) is 5.75 Å². The molecule has 27 heavy (non-hydrogen) atoms. The summed E-state index contributed by atoms with van der Waals surface area (Å²) in [6.07, 6.45) is 4.49. The first-order valence-electron chi connectivity index (χ1n) is 8.84. The molecule has 1 aromatic carbocycles. The third kappa shape index (κ3) is 5.65. The standard InChI is InChI=1S/C20H24N6O/c1-26(2)13-3-10-22-20-24-18(15-8-11-21-12-9-15)14-19(25-20)23-16-4-6-17(27)7-5-16/h4-9,11-12,14,27H,3,10,13H2,1-2H3,(H2,22,23,24,25). The van der Waals surface area contributed by atoms with E-state index in [1.807, 2.05) is 18.2 Å². The molecule has 140 valence electrons. The monoisotopic (exact) mass is 364 g/mol. The van der Waals surface area contributed by atoms with Crippen molar-refractivity contribution in [3.05, 3.63) is 54.9 Å². The summed E-state index contributed by atoms with van der Waals surface area (Å²) < 4.78 is 0. The number of hydrogen-bond donors (Lipinski definition) is 3. The van der Waals surface area contributed by atoms with Gasteiger partial charge in [-0.05, 0) is 63.5 Å². The molecular formula is C20H24N6O. The Kier molecular flexibility index (Phi) is 6.17. The summed E-state index contributed by atoms with van der Waals surface area (Å²) >= 11 is 0. The summed E-state index contributed by atoms with van der Waals surface area (Å²) in [6.45, 7) is 1.78. The Labute approximate surface area is 159 Å². The number of benzene rings is 1. The molecule has 0 aliphatic carbocycles. The molecule has 3 rings (SSSR count). The van der Waals surface area contributed by atoms with Crippen molar-refractivity contribution < 1.29 is 5.11 Å². The van der Waals surface area contributed by atoms with E-state index in [0.717, 1.165) is 36.5 Å². The zero-order valence-corrected chi connectivity index (χ0v) is 15.6. The lowest BCUT2D eigenvalue weighted by molar-refractivity contribution is 0.405. The highest BCUT2D eigenvalue weighted by molar-refractivity contribution is 5.67. The zero-order chi connectivity index (χ0) is 19.1. The van der Waals surface area contributed by atoms with E-state index >= 15 is 0 Å². The molecule has 0 unspecified atom stereocenters. The Morgan fingerprint density at radius 3 is 2.44 bits per heavy atom. The molecule has 3 N–H and O–H groups in total. The maximum Gasteiger partial charge on any atom is 0.225 e. The van der Waals surface area contributed by atoms with Crippen LogP contribution in [-0.4, -0.2) is 52.1 Å². The van der Waals surface area contributed by atoms with Gasteiger partial charge in [0.15, 0.2) is 0 Å². The molecule has 0 spiro atoms. The molecule has 3 aromatic rings. The van der Waals surface area contributed by atoms with Crippen molar-refractivity contribution in [2.75, 3.05) is 37.8 Å². The number of rotatable bonds is 8. The van der Waals surface area contributed by atoms with Gasteiger partial charge in [0.25, 0.3) is 0 Å². The number of phenols is 1. The van der Waals surface area contributed by atoms with Crippen LogP contribution in [0.4, 0.5) is 17.5 Å². The highest BCUT2D eigenvalue weighted by atomic mass is 16.3. The fourth-order valence-electron chi connectivity index (χ4n) is 2.55. The molecule has 0 radical (unpaired) electrons. The van der Waals surface area contributed by atoms with Crippen molar-refractivity contribution in [2.24, 2.45) is 0 Å². The van der Waals surface area contributed by atoms with Gasteiger partial charge in [0.2, 0.25) is 5.95 Å². The lowest BCUT2D eigenvalue weighted by Crippen LogP contribution is -2.17. The van der Waals surface area contributed by atoms with Crippen LogP contribution in [0.3, 0.4) is 0 Å². The van der Waals surface area contributed by atoms with Gasteiger partial charge >= 0.3 is 0 Å². The Hall–Kier alpha value is -3.19. The van der Waals surface area contributed by atoms with E-state index in [1.165, 1.54) is 0 Å². The van der Waals surface area contributed by atoms with E-state index in [0.29, 0.717) is 11.8 Å². The van der Waals surface area contributed by atoms with Gasteiger partial charge in [0.1, 0.15) is 11.6 Å². The van der Waals surface area contributed by atoms with E-state index in [9.17, 15) is 5.11 Å². The Balaban J connectivity index is 1.82. The molecule has 2 aromatic heterocycles. The van der Waals surface area contributed by atoms with Crippen LogP contribution < -0.4 is 10.6 Å². The van der Waals surface area contributed by atoms with Crippen molar-refractivity contribution in [2.45, 2.75) is 6.42 Å². The van der Waals surface area contributed by atoms with Crippen LogP contribution in [0.2, 0.25) is 0 Å². The largest absolute Gasteiger partial charge is 0.508 e. The van der Waals surface area contributed by atoms with Crippen molar-refractivity contribution in [3.8, 4) is 17.0 Å². The fourth-order valence-corrected chi connectivity index (χ4v) is 2.55. The maximum atomic E-state index is 9.45. The smallest absolute Gasteiger partial charge is 0.225 e. The molecule has 0 atom stereocenters. The van der Waals surface area contributed by atoms with Crippen LogP contribution >= 0.6 is 0 Å². The minimum atomic E-state index is 0.226. The molecular weight excluding hydrogens is 340 g/mol. The third-order valence-corrected chi connectivity index (χ3v) is 3.91. The Bertz CT molecular complexity index is 852. The summed E-state index contributed by atoms with van der Waals surface area (Å²) in [5, 5.41) is 16.0. The van der Waals surface area contributed by atoms with Gasteiger partial charge in [-0.3, -0.25) is 4.98 Å². The fraction of sp³-hybridized carbons (Fsp3) is 0.250. The van der Waals surface area contributed by atoms with Gasteiger partial charge in [0.05, 0.1) is 5.69 Å². The van der Waals surface area contributed by atoms with Gasteiger partial charge in [-0.2, -0.15) is 4.98 Å². The van der Waals surface area contributed by atoms with E-state index in [4.69, 9.17) is 0 Å². The first-order chi connectivity index (χ1) is 13.1. The molecule has 7 nitrogen and oxygen atoms in total. The highest BCUT2D eigenvalue weighted by Crippen LogP contribution is 2.24. The number of pyridine rings is 1. The second-order valence-corrected chi connectivity index (χ2v) is 6.45. The van der Waals surface area contributed by atoms with Crippen molar-refractivity contribution >= 4 is 17.5 Å². The van der Waals surface area contributed by atoms with Gasteiger partial charge in [0, 0.05) is 36.3 Å². The first-order valence-corrected chi connectivity index (χ1v) is 8.84. The number of anilines is 3. The van der Waals surface area contributed by atoms with Crippen LogP contribution in [0, 0.1) is 0 Å². The zero-order valence-electron chi connectivity index (χ0n) is 15.6. The predicted octanol–water partition coefficient (Wildman–Crippen LogP) is 3.35. The number of nitrogens with one attached hydrogen (secondary N) is 2. The quantitative estimate of drug-likeness (QED) is 0.417. The Morgan fingerprint density at radius 2 is 1.74 bits per heavy atom. The number of aromatic hydroxyl groups is 1. The summed E-state index contributed by atoms with van der Waals surface area (Å²) in [6, 6.07) is 12.6. The number of aromatic nitrogens is 3. The molecule has 0 bridgehead atoms. The lowest BCUT2D eigenvalue weighted by Gasteiger charge is -2.13. The van der Waals surface area contributed by atoms with Gasteiger partial charge in [-0.25, -0.2) is 4.98 Å². The van der Waals surface area contributed by atoms with Crippen molar-refractivity contribution in [1.29, 1.82) is 0 Å². The average molecular weight is 364 g/mol. The van der Waals surface area contributed by atoms with E-state index < -0.39 is 0 Å². The van der Waals surface area contributed by atoms with Gasteiger partial charge in [-0.1, -0.05) is 0 Å². The lowest BCUT2D eigenvalue weighted by atomic mass is 10.2. The van der Waals surface area contributed by atoms with Crippen molar-refractivity contribution in [3.63, 3.8) is 0 Å². The number of hydrogen-bond acceptors (Lipinski definition) is 7. The SMILES string of the molecule is CN(C)CCCNc1nc(Nc2ccc(O)cc2)cc(-c2ccncc2)n1. The predicted molar refractivity (Wildman–Crippen MR) is 108 cm³/mol. The molecule has 7 heteroatoms. The number of phenolic OH excluding ortho intramolecular Hbond substituents is 1. The van der Waals surface area contributed by atoms with Crippen LogP contribution in [0.5, 0.6) is 5.75 Å². The van der Waals surface area contributed by atoms with Gasteiger partial charge in [-0.15, -0.1) is 0 Å². The van der Waals surface area contributed by atoms with Crippen LogP contribution in [0.15, 0.2) is 54.9 Å². The van der Waals surface area contributed by atoms with Crippen LogP contribution in [0.25, 0.3) is 11.3 Å². The Morgan fingerprint density at radius 1 is 1.00 bits per heavy atom. The minimum absolute atomic E-state index is 0.226. The minimum Gasteiger partial charge on any atom is -0.508 e. The van der Waals surface area contributed by atoms with Gasteiger partial charge < -0.3 is 20.6 Å². The third-order valence-electron chi connectivity index (χ3n) is 3.91. The summed E-state index contributed by atoms with van der Waals surface area (Å²) in [4.78, 5) is 15.4. The first kappa shape index (κ1) is 18.6. The summed E-state index contributed by atoms with van der Waals surface area (Å²) in [5.41, 5.74) is 2.62. The number of nitrogens with zero attached hydrogens (tertiary/aromatic N) is 4. The van der Waals surface area contributed by atoms with Crippen LogP contribution in [0.1, 0.15) is 6.42 Å². The van der Waals surface area contributed by atoms with E-state index in [2.05, 4.69) is 44.6 Å². The molecule has 0 aliphatic heterocycles. The molecule has 0 fully saturated rings. The topological polar surface area (TPSA) is 86.2 Å². The molecule has 2 heterocycles. The molecule has 0 amide bonds. The second kappa shape index (κ2) is 8.95. The van der Waals surface area contributed by atoms with E-state index in [1.54, 1.807) is 36.7 Å². The summed E-state index contributed by atoms with van der Waals surface area (Å²) in [5.74, 6) is 1.48. The highest BCUT2D eigenvalue weighted by Gasteiger charge is 2.07. The normalized spacial score (nSPS) is 10.8. The molecule has 0 saturated heterocycles. The second-order valence-electron chi connectivity index (χ2n) is 6.45. The van der Waals surface area contributed by atoms with Crippen molar-refractivity contribution in [1.82, 2.24) is 19.9 Å². The maximum absolute atomic E-state index is 9.45.